The van der Waals surface area contributed by atoms with Crippen LogP contribution in [0.4, 0.5) is 18.9 Å². The summed E-state index contributed by atoms with van der Waals surface area (Å²) in [6.45, 7) is 9.85. The molecule has 1 amide bonds. The molecule has 6 nitrogen and oxygen atoms in total. The average Bonchev–Trinajstić information content (AvgIpc) is 2.96. The largest absolute Gasteiger partial charge is 0.416 e. The van der Waals surface area contributed by atoms with Crippen molar-refractivity contribution < 1.29 is 18.0 Å². The first-order valence-electron chi connectivity index (χ1n) is 14.4. The van der Waals surface area contributed by atoms with Gasteiger partial charge in [-0.2, -0.15) is 13.2 Å². The normalized spacial score (nSPS) is 18.3. The molecule has 218 valence electrons. The minimum Gasteiger partial charge on any atom is -0.364 e. The smallest absolute Gasteiger partial charge is 0.364 e. The number of benzene rings is 2. The molecule has 0 radical (unpaired) electrons. The predicted molar refractivity (Wildman–Crippen MR) is 154 cm³/mol. The molecule has 2 aliphatic heterocycles. The predicted octanol–water partition coefficient (Wildman–Crippen LogP) is 6.28. The molecule has 2 aromatic carbocycles. The van der Waals surface area contributed by atoms with Crippen molar-refractivity contribution in [2.45, 2.75) is 70.8 Å². The van der Waals surface area contributed by atoms with E-state index in [0.717, 1.165) is 50.0 Å². The number of hydrogen-bond donors (Lipinski definition) is 0. The molecule has 3 heterocycles. The van der Waals surface area contributed by atoms with Crippen molar-refractivity contribution in [1.82, 2.24) is 19.8 Å². The van der Waals surface area contributed by atoms with Gasteiger partial charge in [0, 0.05) is 50.0 Å². The summed E-state index contributed by atoms with van der Waals surface area (Å²) in [5, 5.41) is 0. The van der Waals surface area contributed by atoms with Gasteiger partial charge in [-0.1, -0.05) is 30.3 Å². The second kappa shape index (κ2) is 11.8. The molecule has 0 atom stereocenters. The molecule has 9 heteroatoms. The summed E-state index contributed by atoms with van der Waals surface area (Å²) in [4.78, 5) is 28.5. The molecule has 2 saturated heterocycles. The maximum atomic E-state index is 13.3. The van der Waals surface area contributed by atoms with E-state index in [9.17, 15) is 18.0 Å². The highest BCUT2D eigenvalue weighted by Gasteiger charge is 2.40. The van der Waals surface area contributed by atoms with E-state index in [1.165, 1.54) is 18.5 Å². The molecule has 0 unspecified atom stereocenters. The lowest BCUT2D eigenvalue weighted by molar-refractivity contribution is -0.137. The minimum absolute atomic E-state index is 0.00234. The van der Waals surface area contributed by atoms with E-state index in [2.05, 4.69) is 38.8 Å². The van der Waals surface area contributed by atoms with Crippen LogP contribution in [0.1, 0.15) is 65.5 Å². The van der Waals surface area contributed by atoms with Gasteiger partial charge in [-0.15, -0.1) is 0 Å². The number of piperidine rings is 2. The monoisotopic (exact) mass is 565 g/mol. The number of halogens is 3. The fourth-order valence-corrected chi connectivity index (χ4v) is 6.34. The SMILES string of the molecule is Cc1ncnc(C)c1C(=O)N1CCC(C)(N2CCC(N(Cc3ccccc3)c3ccc(C(F)(F)F)cc3)CC2)CC1. The maximum Gasteiger partial charge on any atom is 0.416 e. The van der Waals surface area contributed by atoms with Crippen molar-refractivity contribution >= 4 is 11.6 Å². The zero-order valence-corrected chi connectivity index (χ0v) is 24.0. The van der Waals surface area contributed by atoms with E-state index in [0.29, 0.717) is 36.6 Å². The van der Waals surface area contributed by atoms with Gasteiger partial charge in [-0.3, -0.25) is 9.69 Å². The molecule has 0 aliphatic carbocycles. The molecular weight excluding hydrogens is 527 g/mol. The first-order chi connectivity index (χ1) is 19.5. The third-order valence-electron chi connectivity index (χ3n) is 8.96. The van der Waals surface area contributed by atoms with Crippen LogP contribution in [0.15, 0.2) is 60.9 Å². The number of aryl methyl sites for hydroxylation is 2. The van der Waals surface area contributed by atoms with E-state index in [4.69, 9.17) is 0 Å². The molecule has 2 aliphatic rings. The second-order valence-electron chi connectivity index (χ2n) is 11.6. The molecule has 5 rings (SSSR count). The number of rotatable bonds is 6. The standard InChI is InChI=1S/C32H38F3N5O/c1-23-29(24(2)37-22-36-23)30(41)38-19-15-31(3,16-20-38)39-17-13-28(14-18-39)40(21-25-7-5-4-6-8-25)27-11-9-26(10-12-27)32(33,34)35/h4-12,22,28H,13-21H2,1-3H3. The van der Waals surface area contributed by atoms with Crippen molar-refractivity contribution in [1.29, 1.82) is 0 Å². The van der Waals surface area contributed by atoms with Gasteiger partial charge in [0.15, 0.2) is 0 Å². The number of carbonyl (C=O) groups excluding carboxylic acids is 1. The number of alkyl halides is 3. The van der Waals surface area contributed by atoms with Crippen molar-refractivity contribution in [2.75, 3.05) is 31.1 Å². The number of hydrogen-bond acceptors (Lipinski definition) is 5. The average molecular weight is 566 g/mol. The van der Waals surface area contributed by atoms with E-state index < -0.39 is 11.7 Å². The number of carbonyl (C=O) groups is 1. The summed E-state index contributed by atoms with van der Waals surface area (Å²) in [5.74, 6) is 0.00875. The summed E-state index contributed by atoms with van der Waals surface area (Å²) in [6.07, 6.45) is 0.772. The van der Waals surface area contributed by atoms with Gasteiger partial charge in [0.25, 0.3) is 5.91 Å². The first kappa shape index (κ1) is 29.0. The van der Waals surface area contributed by atoms with Crippen LogP contribution in [0.2, 0.25) is 0 Å². The third kappa shape index (κ3) is 6.40. The Kier molecular flexibility index (Phi) is 8.36. The maximum absolute atomic E-state index is 13.3. The second-order valence-corrected chi connectivity index (χ2v) is 11.6. The minimum atomic E-state index is -4.35. The molecule has 3 aromatic rings. The highest BCUT2D eigenvalue weighted by Crippen LogP contribution is 2.35. The molecule has 1 aromatic heterocycles. The summed E-state index contributed by atoms with van der Waals surface area (Å²) in [5.41, 5.74) is 3.36. The Labute approximate surface area is 240 Å². The van der Waals surface area contributed by atoms with Crippen LogP contribution in [0, 0.1) is 13.8 Å². The molecule has 0 bridgehead atoms. The number of amides is 1. The van der Waals surface area contributed by atoms with Crippen LogP contribution in [0.3, 0.4) is 0 Å². The first-order valence-corrected chi connectivity index (χ1v) is 14.4. The lowest BCUT2D eigenvalue weighted by atomic mass is 9.85. The highest BCUT2D eigenvalue weighted by atomic mass is 19.4. The molecular formula is C32H38F3N5O. The van der Waals surface area contributed by atoms with E-state index >= 15 is 0 Å². The topological polar surface area (TPSA) is 52.6 Å². The lowest BCUT2D eigenvalue weighted by Gasteiger charge is -2.50. The van der Waals surface area contributed by atoms with Crippen molar-refractivity contribution in [3.05, 3.63) is 89.0 Å². The fourth-order valence-electron chi connectivity index (χ4n) is 6.34. The molecule has 0 saturated carbocycles. The van der Waals surface area contributed by atoms with Gasteiger partial charge in [0.1, 0.15) is 6.33 Å². The Morgan fingerprint density at radius 3 is 2.07 bits per heavy atom. The van der Waals surface area contributed by atoms with E-state index in [-0.39, 0.29) is 17.5 Å². The van der Waals surface area contributed by atoms with Crippen molar-refractivity contribution in [3.8, 4) is 0 Å². The Balaban J connectivity index is 1.24. The number of likely N-dealkylation sites (tertiary alicyclic amines) is 2. The van der Waals surface area contributed by atoms with Crippen molar-refractivity contribution in [3.63, 3.8) is 0 Å². The van der Waals surface area contributed by atoms with Gasteiger partial charge < -0.3 is 9.80 Å². The summed E-state index contributed by atoms with van der Waals surface area (Å²) < 4.78 is 39.7. The van der Waals surface area contributed by atoms with Crippen molar-refractivity contribution in [2.24, 2.45) is 0 Å². The van der Waals surface area contributed by atoms with Crippen LogP contribution >= 0.6 is 0 Å². The van der Waals surface area contributed by atoms with Crippen LogP contribution in [0.5, 0.6) is 0 Å². The Bertz CT molecular complexity index is 1310. The van der Waals surface area contributed by atoms with Crippen LogP contribution < -0.4 is 4.90 Å². The highest BCUT2D eigenvalue weighted by molar-refractivity contribution is 5.96. The fraction of sp³-hybridized carbons (Fsp3) is 0.469. The lowest BCUT2D eigenvalue weighted by Crippen LogP contribution is -2.58. The van der Waals surface area contributed by atoms with Crippen LogP contribution in [0.25, 0.3) is 0 Å². The summed E-state index contributed by atoms with van der Waals surface area (Å²) in [6, 6.07) is 15.9. The number of anilines is 1. The number of aromatic nitrogens is 2. The van der Waals surface area contributed by atoms with E-state index in [1.54, 1.807) is 12.1 Å². The zero-order valence-electron chi connectivity index (χ0n) is 24.0. The Morgan fingerprint density at radius 2 is 1.51 bits per heavy atom. The van der Waals surface area contributed by atoms with Gasteiger partial charge in [0.2, 0.25) is 0 Å². The molecule has 2 fully saturated rings. The summed E-state index contributed by atoms with van der Waals surface area (Å²) in [7, 11) is 0. The number of nitrogens with zero attached hydrogens (tertiary/aromatic N) is 5. The van der Waals surface area contributed by atoms with Gasteiger partial charge in [-0.25, -0.2) is 9.97 Å². The molecule has 0 spiro atoms. The molecule has 41 heavy (non-hydrogen) atoms. The van der Waals surface area contributed by atoms with Crippen LogP contribution in [-0.2, 0) is 12.7 Å². The van der Waals surface area contributed by atoms with Gasteiger partial charge in [0.05, 0.1) is 22.5 Å². The Hall–Kier alpha value is -3.46. The van der Waals surface area contributed by atoms with Gasteiger partial charge >= 0.3 is 6.18 Å². The summed E-state index contributed by atoms with van der Waals surface area (Å²) >= 11 is 0. The van der Waals surface area contributed by atoms with Gasteiger partial charge in [-0.05, 0) is 76.3 Å². The Morgan fingerprint density at radius 1 is 0.927 bits per heavy atom. The molecule has 0 N–H and O–H groups in total. The zero-order chi connectivity index (χ0) is 29.2. The van der Waals surface area contributed by atoms with E-state index in [1.807, 2.05) is 36.9 Å². The quantitative estimate of drug-likeness (QED) is 0.352. The third-order valence-corrected chi connectivity index (χ3v) is 8.96. The van der Waals surface area contributed by atoms with Crippen LogP contribution in [-0.4, -0.2) is 63.4 Å².